The molecule has 0 spiro atoms. The van der Waals surface area contributed by atoms with E-state index >= 15 is 0 Å². The van der Waals surface area contributed by atoms with Gasteiger partial charge in [-0.1, -0.05) is 13.8 Å². The molecule has 0 aromatic rings. The number of nitrogens with zero attached hydrogens (tertiary/aromatic N) is 2. The summed E-state index contributed by atoms with van der Waals surface area (Å²) in [5.41, 5.74) is 0. The monoisotopic (exact) mass is 189 g/mol. The van der Waals surface area contributed by atoms with Crippen LogP contribution >= 0.6 is 0 Å². The lowest BCUT2D eigenvalue weighted by Gasteiger charge is -2.28. The SMILES string of the molecule is CCC(CN(C)C(=O)O)N(N)CC. The Morgan fingerprint density at radius 2 is 2.08 bits per heavy atom. The number of hydrogen-bond donors (Lipinski definition) is 2. The van der Waals surface area contributed by atoms with Gasteiger partial charge >= 0.3 is 6.09 Å². The molecule has 0 saturated heterocycles. The first-order chi connectivity index (χ1) is 6.02. The van der Waals surface area contributed by atoms with Gasteiger partial charge < -0.3 is 10.0 Å². The molecule has 1 unspecified atom stereocenters. The maximum Gasteiger partial charge on any atom is 0.407 e. The second-order valence-electron chi connectivity index (χ2n) is 3.06. The smallest absolute Gasteiger partial charge is 0.407 e. The predicted molar refractivity (Wildman–Crippen MR) is 51.3 cm³/mol. The van der Waals surface area contributed by atoms with E-state index in [1.165, 1.54) is 4.90 Å². The first-order valence-electron chi connectivity index (χ1n) is 4.48. The van der Waals surface area contributed by atoms with Gasteiger partial charge in [-0.25, -0.2) is 9.80 Å². The molecule has 0 heterocycles. The zero-order valence-corrected chi connectivity index (χ0v) is 8.53. The number of amides is 1. The number of carbonyl (C=O) groups is 1. The largest absolute Gasteiger partial charge is 0.465 e. The number of rotatable bonds is 5. The Hall–Kier alpha value is -0.810. The highest BCUT2D eigenvalue weighted by atomic mass is 16.4. The summed E-state index contributed by atoms with van der Waals surface area (Å²) in [5, 5.41) is 10.3. The minimum atomic E-state index is -0.914. The van der Waals surface area contributed by atoms with Gasteiger partial charge in [0.2, 0.25) is 0 Å². The lowest BCUT2D eigenvalue weighted by atomic mass is 10.2. The van der Waals surface area contributed by atoms with Crippen LogP contribution in [-0.4, -0.2) is 47.3 Å². The van der Waals surface area contributed by atoms with Crippen molar-refractivity contribution in [2.75, 3.05) is 20.1 Å². The summed E-state index contributed by atoms with van der Waals surface area (Å²) in [5.74, 6) is 5.69. The molecule has 78 valence electrons. The molecule has 5 heteroatoms. The molecule has 0 rings (SSSR count). The summed E-state index contributed by atoms with van der Waals surface area (Å²) in [6.07, 6.45) is -0.0648. The lowest BCUT2D eigenvalue weighted by molar-refractivity contribution is 0.125. The first kappa shape index (κ1) is 12.2. The van der Waals surface area contributed by atoms with Gasteiger partial charge in [-0.15, -0.1) is 0 Å². The van der Waals surface area contributed by atoms with Crippen LogP contribution in [0.4, 0.5) is 4.79 Å². The predicted octanol–water partition coefficient (Wildman–Crippen LogP) is 0.570. The van der Waals surface area contributed by atoms with Crippen molar-refractivity contribution in [3.63, 3.8) is 0 Å². The van der Waals surface area contributed by atoms with Gasteiger partial charge in [-0.3, -0.25) is 5.84 Å². The zero-order valence-electron chi connectivity index (χ0n) is 8.53. The van der Waals surface area contributed by atoms with E-state index in [0.29, 0.717) is 6.54 Å². The fourth-order valence-electron chi connectivity index (χ4n) is 1.12. The highest BCUT2D eigenvalue weighted by molar-refractivity contribution is 5.64. The zero-order chi connectivity index (χ0) is 10.4. The maximum absolute atomic E-state index is 10.5. The number of likely N-dealkylation sites (N-methyl/N-ethyl adjacent to an activating group) is 2. The molecule has 0 aromatic heterocycles. The number of hydrazine groups is 1. The van der Waals surface area contributed by atoms with Crippen molar-refractivity contribution in [2.45, 2.75) is 26.3 Å². The molecule has 0 saturated carbocycles. The third-order valence-corrected chi connectivity index (χ3v) is 2.12. The van der Waals surface area contributed by atoms with Gasteiger partial charge in [-0.05, 0) is 6.42 Å². The molecule has 0 aliphatic heterocycles. The summed E-state index contributed by atoms with van der Waals surface area (Å²) >= 11 is 0. The molecular weight excluding hydrogens is 170 g/mol. The quantitative estimate of drug-likeness (QED) is 0.490. The molecule has 1 atom stereocenters. The molecule has 0 aliphatic rings. The van der Waals surface area contributed by atoms with Gasteiger partial charge in [0.25, 0.3) is 0 Å². The van der Waals surface area contributed by atoms with Gasteiger partial charge in [0.15, 0.2) is 0 Å². The third-order valence-electron chi connectivity index (χ3n) is 2.12. The molecule has 0 aromatic carbocycles. The van der Waals surface area contributed by atoms with E-state index < -0.39 is 6.09 Å². The Balaban J connectivity index is 4.04. The maximum atomic E-state index is 10.5. The van der Waals surface area contributed by atoms with E-state index in [1.54, 1.807) is 12.1 Å². The topological polar surface area (TPSA) is 69.8 Å². The summed E-state index contributed by atoms with van der Waals surface area (Å²) in [7, 11) is 1.55. The number of hydrogen-bond acceptors (Lipinski definition) is 3. The van der Waals surface area contributed by atoms with E-state index in [1.807, 2.05) is 13.8 Å². The lowest BCUT2D eigenvalue weighted by Crippen LogP contribution is -2.47. The average Bonchev–Trinajstić information content (AvgIpc) is 2.12. The highest BCUT2D eigenvalue weighted by Crippen LogP contribution is 2.01. The van der Waals surface area contributed by atoms with E-state index in [0.717, 1.165) is 13.0 Å². The molecule has 0 fully saturated rings. The highest BCUT2D eigenvalue weighted by Gasteiger charge is 2.16. The van der Waals surface area contributed by atoms with E-state index in [-0.39, 0.29) is 6.04 Å². The Bertz CT molecular complexity index is 163. The van der Waals surface area contributed by atoms with Crippen molar-refractivity contribution in [1.29, 1.82) is 0 Å². The Morgan fingerprint density at radius 1 is 1.54 bits per heavy atom. The van der Waals surface area contributed by atoms with Crippen LogP contribution in [0.3, 0.4) is 0 Å². The van der Waals surface area contributed by atoms with Crippen molar-refractivity contribution in [3.05, 3.63) is 0 Å². The van der Waals surface area contributed by atoms with Gasteiger partial charge in [0.05, 0.1) is 0 Å². The van der Waals surface area contributed by atoms with Crippen LogP contribution in [0.1, 0.15) is 20.3 Å². The summed E-state index contributed by atoms with van der Waals surface area (Å²) < 4.78 is 0. The Kier molecular flexibility index (Phi) is 5.41. The van der Waals surface area contributed by atoms with Crippen LogP contribution < -0.4 is 5.84 Å². The van der Waals surface area contributed by atoms with E-state index in [2.05, 4.69) is 0 Å². The van der Waals surface area contributed by atoms with Crippen molar-refractivity contribution in [1.82, 2.24) is 9.91 Å². The van der Waals surface area contributed by atoms with Crippen molar-refractivity contribution in [3.8, 4) is 0 Å². The second-order valence-corrected chi connectivity index (χ2v) is 3.06. The minimum Gasteiger partial charge on any atom is -0.465 e. The minimum absolute atomic E-state index is 0.103. The second kappa shape index (κ2) is 5.77. The molecule has 0 radical (unpaired) electrons. The van der Waals surface area contributed by atoms with Crippen LogP contribution in [0.25, 0.3) is 0 Å². The van der Waals surface area contributed by atoms with Crippen molar-refractivity contribution >= 4 is 6.09 Å². The Morgan fingerprint density at radius 3 is 2.38 bits per heavy atom. The molecule has 5 nitrogen and oxygen atoms in total. The fourth-order valence-corrected chi connectivity index (χ4v) is 1.12. The van der Waals surface area contributed by atoms with E-state index in [9.17, 15) is 4.79 Å². The third kappa shape index (κ3) is 4.10. The van der Waals surface area contributed by atoms with Crippen molar-refractivity contribution in [2.24, 2.45) is 5.84 Å². The van der Waals surface area contributed by atoms with Gasteiger partial charge in [-0.2, -0.15) is 0 Å². The molecule has 13 heavy (non-hydrogen) atoms. The van der Waals surface area contributed by atoms with Crippen LogP contribution in [0, 0.1) is 0 Å². The molecule has 1 amide bonds. The molecule has 0 aliphatic carbocycles. The number of nitrogens with two attached hydrogens (primary N) is 1. The average molecular weight is 189 g/mol. The molecule has 0 bridgehead atoms. The van der Waals surface area contributed by atoms with Crippen LogP contribution in [0.15, 0.2) is 0 Å². The normalized spacial score (nSPS) is 13.0. The molecular formula is C8H19N3O2. The summed E-state index contributed by atoms with van der Waals surface area (Å²) in [6, 6.07) is 0.103. The Labute approximate surface area is 79.1 Å². The molecule has 3 N–H and O–H groups in total. The van der Waals surface area contributed by atoms with E-state index in [4.69, 9.17) is 10.9 Å². The van der Waals surface area contributed by atoms with Crippen molar-refractivity contribution < 1.29 is 9.90 Å². The van der Waals surface area contributed by atoms with Crippen LogP contribution in [-0.2, 0) is 0 Å². The van der Waals surface area contributed by atoms with Crippen LogP contribution in [0.2, 0.25) is 0 Å². The fraction of sp³-hybridized carbons (Fsp3) is 0.875. The first-order valence-corrected chi connectivity index (χ1v) is 4.48. The van der Waals surface area contributed by atoms with Crippen LogP contribution in [0.5, 0.6) is 0 Å². The van der Waals surface area contributed by atoms with Gasteiger partial charge in [0.1, 0.15) is 0 Å². The summed E-state index contributed by atoms with van der Waals surface area (Å²) in [4.78, 5) is 11.8. The number of carboxylic acid groups (broad SMARTS) is 1. The summed E-state index contributed by atoms with van der Waals surface area (Å²) in [6.45, 7) is 5.13. The standard InChI is InChI=1S/C8H19N3O2/c1-4-7(11(9)5-2)6-10(3)8(12)13/h7H,4-6,9H2,1-3H3,(H,12,13). The van der Waals surface area contributed by atoms with Gasteiger partial charge in [0, 0.05) is 26.2 Å².